The van der Waals surface area contributed by atoms with Crippen molar-refractivity contribution in [2.75, 3.05) is 0 Å². The van der Waals surface area contributed by atoms with Gasteiger partial charge in [-0.2, -0.15) is 0 Å². The van der Waals surface area contributed by atoms with Gasteiger partial charge in [-0.25, -0.2) is 0 Å². The highest BCUT2D eigenvalue weighted by molar-refractivity contribution is 6.74. The predicted octanol–water partition coefficient (Wildman–Crippen LogP) is 5.86. The van der Waals surface area contributed by atoms with Crippen molar-refractivity contribution < 1.29 is 4.43 Å². The molecule has 1 aliphatic carbocycles. The molecule has 1 atom stereocenters. The molecule has 0 unspecified atom stereocenters. The first-order valence-electron chi connectivity index (χ1n) is 7.75. The van der Waals surface area contributed by atoms with Gasteiger partial charge in [0.25, 0.3) is 0 Å². The minimum absolute atomic E-state index is 0.256. The van der Waals surface area contributed by atoms with E-state index in [1.807, 2.05) is 0 Å². The highest BCUT2D eigenvalue weighted by Crippen LogP contribution is 2.42. The van der Waals surface area contributed by atoms with Crippen LogP contribution in [0.5, 0.6) is 0 Å². The normalized spacial score (nSPS) is 20.4. The van der Waals surface area contributed by atoms with Gasteiger partial charge in [0.15, 0.2) is 0 Å². The average molecular weight is 289 g/mol. The Balaban J connectivity index is 2.23. The van der Waals surface area contributed by atoms with Gasteiger partial charge in [-0.3, -0.25) is 0 Å². The molecule has 0 bridgehead atoms. The van der Waals surface area contributed by atoms with E-state index in [1.54, 1.807) is 0 Å². The van der Waals surface area contributed by atoms with Crippen LogP contribution < -0.4 is 0 Å². The van der Waals surface area contributed by atoms with Crippen molar-refractivity contribution in [3.05, 3.63) is 47.7 Å². The molecule has 1 aromatic rings. The lowest BCUT2D eigenvalue weighted by Crippen LogP contribution is -2.41. The van der Waals surface area contributed by atoms with Crippen LogP contribution in [-0.2, 0) is 4.43 Å². The Morgan fingerprint density at radius 3 is 2.35 bits per heavy atom. The van der Waals surface area contributed by atoms with Crippen molar-refractivity contribution in [2.24, 2.45) is 0 Å². The fourth-order valence-electron chi connectivity index (χ4n) is 2.43. The maximum Gasteiger partial charge on any atom is 0.250 e. The van der Waals surface area contributed by atoms with Crippen LogP contribution in [0, 0.1) is 0 Å². The largest absolute Gasteiger partial charge is 0.546 e. The number of hydrogen-bond donors (Lipinski definition) is 0. The summed E-state index contributed by atoms with van der Waals surface area (Å²) in [6.45, 7) is 11.6. The summed E-state index contributed by atoms with van der Waals surface area (Å²) in [5.74, 6) is 1.69. The molecule has 20 heavy (non-hydrogen) atoms. The van der Waals surface area contributed by atoms with Crippen molar-refractivity contribution in [3.63, 3.8) is 0 Å². The number of rotatable bonds is 3. The highest BCUT2D eigenvalue weighted by Gasteiger charge is 2.40. The molecule has 0 aromatic heterocycles. The topological polar surface area (TPSA) is 9.23 Å². The highest BCUT2D eigenvalue weighted by atomic mass is 28.4. The van der Waals surface area contributed by atoms with Crippen molar-refractivity contribution in [1.82, 2.24) is 0 Å². The Kier molecular flexibility index (Phi) is 4.43. The molecule has 1 nitrogen and oxygen atoms in total. The first kappa shape index (κ1) is 15.4. The van der Waals surface area contributed by atoms with Gasteiger partial charge in [-0.1, -0.05) is 51.1 Å². The fraction of sp³-hybridized carbons (Fsp3) is 0.556. The third-order valence-corrected chi connectivity index (χ3v) is 9.13. The van der Waals surface area contributed by atoms with Crippen molar-refractivity contribution in [2.45, 2.75) is 64.1 Å². The van der Waals surface area contributed by atoms with E-state index in [2.05, 4.69) is 70.3 Å². The molecule has 0 aliphatic heterocycles. The molecule has 0 N–H and O–H groups in total. The van der Waals surface area contributed by atoms with Crippen LogP contribution in [-0.4, -0.2) is 8.32 Å². The molecule has 0 fully saturated rings. The first-order chi connectivity index (χ1) is 9.31. The van der Waals surface area contributed by atoms with E-state index < -0.39 is 8.32 Å². The monoisotopic (exact) mass is 288 g/mol. The third-order valence-electron chi connectivity index (χ3n) is 4.77. The summed E-state index contributed by atoms with van der Waals surface area (Å²) < 4.78 is 6.61. The van der Waals surface area contributed by atoms with Gasteiger partial charge in [0.05, 0.1) is 5.76 Å². The van der Waals surface area contributed by atoms with Gasteiger partial charge in [0, 0.05) is 5.92 Å². The molecule has 110 valence electrons. The molecule has 0 saturated carbocycles. The predicted molar refractivity (Wildman–Crippen MR) is 89.4 cm³/mol. The van der Waals surface area contributed by atoms with E-state index in [1.165, 1.54) is 24.2 Å². The summed E-state index contributed by atoms with van der Waals surface area (Å²) >= 11 is 0. The fourth-order valence-corrected chi connectivity index (χ4v) is 3.55. The maximum absolute atomic E-state index is 6.61. The molecule has 1 aromatic carbocycles. The third kappa shape index (κ3) is 3.35. The molecular formula is C18H28OSi. The lowest BCUT2D eigenvalue weighted by atomic mass is 9.88. The molecule has 2 rings (SSSR count). The van der Waals surface area contributed by atoms with Crippen LogP contribution in [0.4, 0.5) is 0 Å². The van der Waals surface area contributed by atoms with Crippen LogP contribution in [0.25, 0.3) is 0 Å². The minimum Gasteiger partial charge on any atom is -0.546 e. The average Bonchev–Trinajstić information content (AvgIpc) is 2.38. The second kappa shape index (κ2) is 5.77. The lowest BCUT2D eigenvalue weighted by molar-refractivity contribution is 0.330. The van der Waals surface area contributed by atoms with Crippen molar-refractivity contribution >= 4 is 8.32 Å². The van der Waals surface area contributed by atoms with Gasteiger partial charge in [0.2, 0.25) is 8.32 Å². The zero-order chi connectivity index (χ0) is 14.8. The van der Waals surface area contributed by atoms with E-state index in [9.17, 15) is 0 Å². The molecular weight excluding hydrogens is 260 g/mol. The van der Waals surface area contributed by atoms with Crippen molar-refractivity contribution in [3.8, 4) is 0 Å². The Hall–Kier alpha value is -1.02. The summed E-state index contributed by atoms with van der Waals surface area (Å²) in [5.41, 5.74) is 1.40. The van der Waals surface area contributed by atoms with E-state index in [0.717, 1.165) is 6.42 Å². The molecule has 0 saturated heterocycles. The van der Waals surface area contributed by atoms with Crippen LogP contribution in [0.2, 0.25) is 18.1 Å². The molecule has 1 aliphatic rings. The van der Waals surface area contributed by atoms with E-state index in [-0.39, 0.29) is 5.04 Å². The SMILES string of the molecule is CC(C)(C)[Si](C)(C)OC1=CCCC[C@@H]1c1ccccc1. The number of hydrogen-bond acceptors (Lipinski definition) is 1. The first-order valence-corrected chi connectivity index (χ1v) is 10.7. The number of allylic oxidation sites excluding steroid dienone is 2. The van der Waals surface area contributed by atoms with Crippen LogP contribution in [0.15, 0.2) is 42.2 Å². The Morgan fingerprint density at radius 2 is 1.75 bits per heavy atom. The summed E-state index contributed by atoms with van der Waals surface area (Å²) in [6, 6.07) is 10.8. The smallest absolute Gasteiger partial charge is 0.250 e. The van der Waals surface area contributed by atoms with E-state index in [4.69, 9.17) is 4.43 Å². The van der Waals surface area contributed by atoms with Crippen LogP contribution in [0.1, 0.15) is 51.5 Å². The van der Waals surface area contributed by atoms with Gasteiger partial charge >= 0.3 is 0 Å². The van der Waals surface area contributed by atoms with E-state index in [0.29, 0.717) is 5.92 Å². The molecule has 0 spiro atoms. The maximum atomic E-state index is 6.61. The number of benzene rings is 1. The van der Waals surface area contributed by atoms with E-state index >= 15 is 0 Å². The zero-order valence-corrected chi connectivity index (χ0v) is 14.6. The molecule has 2 heteroatoms. The lowest BCUT2D eigenvalue weighted by Gasteiger charge is -2.40. The minimum atomic E-state index is -1.74. The quantitative estimate of drug-likeness (QED) is 0.633. The summed E-state index contributed by atoms with van der Waals surface area (Å²) in [7, 11) is -1.74. The Bertz CT molecular complexity index is 468. The summed E-state index contributed by atoms with van der Waals surface area (Å²) in [6.07, 6.45) is 5.98. The van der Waals surface area contributed by atoms with Gasteiger partial charge in [-0.15, -0.1) is 0 Å². The van der Waals surface area contributed by atoms with Crippen LogP contribution >= 0.6 is 0 Å². The van der Waals surface area contributed by atoms with Crippen LogP contribution in [0.3, 0.4) is 0 Å². The summed E-state index contributed by atoms with van der Waals surface area (Å²) in [4.78, 5) is 0. The Morgan fingerprint density at radius 1 is 1.10 bits per heavy atom. The second-order valence-electron chi connectivity index (χ2n) is 7.36. The van der Waals surface area contributed by atoms with Gasteiger partial charge in [-0.05, 0) is 49.0 Å². The van der Waals surface area contributed by atoms with Gasteiger partial charge < -0.3 is 4.43 Å². The second-order valence-corrected chi connectivity index (χ2v) is 12.1. The molecule has 0 heterocycles. The zero-order valence-electron chi connectivity index (χ0n) is 13.6. The van der Waals surface area contributed by atoms with Gasteiger partial charge in [0.1, 0.15) is 0 Å². The molecule has 0 radical (unpaired) electrons. The Labute approximate surface area is 125 Å². The summed E-state index contributed by atoms with van der Waals surface area (Å²) in [5, 5.41) is 0.256. The standard InChI is InChI=1S/C18H28OSi/c1-18(2,3)20(4,5)19-17-14-10-9-13-16(17)15-11-7-6-8-12-15/h6-8,11-12,14,16H,9-10,13H2,1-5H3/t16-/m1/s1. The van der Waals surface area contributed by atoms with Crippen molar-refractivity contribution in [1.29, 1.82) is 0 Å². The molecule has 0 amide bonds.